The molecule has 86 valence electrons. The van der Waals surface area contributed by atoms with Crippen molar-refractivity contribution in [2.24, 2.45) is 7.05 Å². The second kappa shape index (κ2) is 5.31. The second-order valence-electron chi connectivity index (χ2n) is 4.21. The van der Waals surface area contributed by atoms with Crippen molar-refractivity contribution in [1.29, 1.82) is 0 Å². The fourth-order valence-corrected chi connectivity index (χ4v) is 1.91. The van der Waals surface area contributed by atoms with E-state index >= 15 is 0 Å². The Balaban J connectivity index is 2.68. The van der Waals surface area contributed by atoms with Gasteiger partial charge >= 0.3 is 0 Å². The minimum Gasteiger partial charge on any atom is -0.307 e. The van der Waals surface area contributed by atoms with Crippen molar-refractivity contribution in [2.45, 2.75) is 52.6 Å². The van der Waals surface area contributed by atoms with E-state index in [9.17, 15) is 0 Å². The predicted molar refractivity (Wildman–Crippen MR) is 63.9 cm³/mol. The molecule has 15 heavy (non-hydrogen) atoms. The van der Waals surface area contributed by atoms with E-state index in [1.165, 1.54) is 24.1 Å². The number of nitrogens with one attached hydrogen (secondary N) is 1. The predicted octanol–water partition coefficient (Wildman–Crippen LogP) is 2.57. The Morgan fingerprint density at radius 3 is 2.40 bits per heavy atom. The number of aryl methyl sites for hydroxylation is 1. The van der Waals surface area contributed by atoms with Gasteiger partial charge in [0.1, 0.15) is 0 Å². The standard InChI is InChI=1S/C12H23N3/c1-6-11(7-2)14-9(3)12-8-13-15(5)10(12)4/h8-9,11,14H,6-7H2,1-5H3. The van der Waals surface area contributed by atoms with Gasteiger partial charge in [0.25, 0.3) is 0 Å². The van der Waals surface area contributed by atoms with Crippen LogP contribution in [0.25, 0.3) is 0 Å². The molecule has 0 aliphatic heterocycles. The van der Waals surface area contributed by atoms with Crippen LogP contribution in [0.1, 0.15) is 50.9 Å². The molecule has 0 aromatic carbocycles. The Hall–Kier alpha value is -0.830. The lowest BCUT2D eigenvalue weighted by Crippen LogP contribution is -2.30. The van der Waals surface area contributed by atoms with Crippen molar-refractivity contribution in [3.63, 3.8) is 0 Å². The number of hydrogen-bond acceptors (Lipinski definition) is 2. The van der Waals surface area contributed by atoms with Crippen molar-refractivity contribution in [1.82, 2.24) is 15.1 Å². The lowest BCUT2D eigenvalue weighted by molar-refractivity contribution is 0.431. The number of nitrogens with zero attached hydrogens (tertiary/aromatic N) is 2. The third kappa shape index (κ3) is 2.81. The zero-order valence-corrected chi connectivity index (χ0v) is 10.5. The van der Waals surface area contributed by atoms with Crippen LogP contribution in [0, 0.1) is 6.92 Å². The Labute approximate surface area is 92.9 Å². The van der Waals surface area contributed by atoms with Crippen LogP contribution in [0.4, 0.5) is 0 Å². The monoisotopic (exact) mass is 209 g/mol. The van der Waals surface area contributed by atoms with Gasteiger partial charge in [-0.1, -0.05) is 13.8 Å². The summed E-state index contributed by atoms with van der Waals surface area (Å²) in [7, 11) is 1.99. The van der Waals surface area contributed by atoms with Gasteiger partial charge in [0.2, 0.25) is 0 Å². The normalized spacial score (nSPS) is 13.5. The molecule has 3 heteroatoms. The third-order valence-corrected chi connectivity index (χ3v) is 3.21. The van der Waals surface area contributed by atoms with Crippen molar-refractivity contribution in [3.8, 4) is 0 Å². The molecule has 0 radical (unpaired) electrons. The maximum absolute atomic E-state index is 4.27. The molecule has 0 amide bonds. The lowest BCUT2D eigenvalue weighted by Gasteiger charge is -2.20. The molecular formula is C12H23N3. The van der Waals surface area contributed by atoms with Gasteiger partial charge < -0.3 is 5.32 Å². The van der Waals surface area contributed by atoms with Crippen LogP contribution in [-0.2, 0) is 7.05 Å². The molecular weight excluding hydrogens is 186 g/mol. The van der Waals surface area contributed by atoms with Gasteiger partial charge in [-0.15, -0.1) is 0 Å². The molecule has 0 bridgehead atoms. The maximum atomic E-state index is 4.27. The molecule has 1 heterocycles. The Bertz CT molecular complexity index is 300. The molecule has 1 N–H and O–H groups in total. The molecule has 1 aromatic heterocycles. The SMILES string of the molecule is CCC(CC)NC(C)c1cnn(C)c1C. The molecule has 0 saturated heterocycles. The summed E-state index contributed by atoms with van der Waals surface area (Å²) in [6.07, 6.45) is 4.33. The highest BCUT2D eigenvalue weighted by molar-refractivity contribution is 5.19. The van der Waals surface area contributed by atoms with Gasteiger partial charge in [-0.25, -0.2) is 0 Å². The summed E-state index contributed by atoms with van der Waals surface area (Å²) in [5, 5.41) is 7.91. The summed E-state index contributed by atoms with van der Waals surface area (Å²) in [5.41, 5.74) is 2.56. The fourth-order valence-electron chi connectivity index (χ4n) is 1.91. The minimum absolute atomic E-state index is 0.392. The minimum atomic E-state index is 0.392. The van der Waals surface area contributed by atoms with E-state index in [1.54, 1.807) is 0 Å². The van der Waals surface area contributed by atoms with Crippen LogP contribution in [0.15, 0.2) is 6.20 Å². The summed E-state index contributed by atoms with van der Waals surface area (Å²) in [6.45, 7) is 8.78. The first-order valence-electron chi connectivity index (χ1n) is 5.84. The van der Waals surface area contributed by atoms with E-state index < -0.39 is 0 Å². The topological polar surface area (TPSA) is 29.9 Å². The van der Waals surface area contributed by atoms with Crippen molar-refractivity contribution in [2.75, 3.05) is 0 Å². The van der Waals surface area contributed by atoms with Crippen LogP contribution in [0.2, 0.25) is 0 Å². The lowest BCUT2D eigenvalue weighted by atomic mass is 10.1. The highest BCUT2D eigenvalue weighted by Gasteiger charge is 2.14. The molecule has 1 unspecified atom stereocenters. The molecule has 1 atom stereocenters. The largest absolute Gasteiger partial charge is 0.307 e. The zero-order valence-electron chi connectivity index (χ0n) is 10.5. The first kappa shape index (κ1) is 12.2. The Morgan fingerprint density at radius 1 is 1.40 bits per heavy atom. The molecule has 0 fully saturated rings. The molecule has 0 aliphatic carbocycles. The van der Waals surface area contributed by atoms with Crippen molar-refractivity contribution in [3.05, 3.63) is 17.5 Å². The van der Waals surface area contributed by atoms with E-state index in [0.29, 0.717) is 12.1 Å². The van der Waals surface area contributed by atoms with Gasteiger partial charge in [-0.2, -0.15) is 5.10 Å². The first-order chi connectivity index (χ1) is 7.10. The van der Waals surface area contributed by atoms with Crippen LogP contribution >= 0.6 is 0 Å². The quantitative estimate of drug-likeness (QED) is 0.807. The summed E-state index contributed by atoms with van der Waals surface area (Å²) < 4.78 is 1.93. The van der Waals surface area contributed by atoms with E-state index in [4.69, 9.17) is 0 Å². The van der Waals surface area contributed by atoms with Crippen molar-refractivity contribution >= 4 is 0 Å². The Morgan fingerprint density at radius 2 is 2.00 bits per heavy atom. The Kier molecular flexibility index (Phi) is 4.33. The van der Waals surface area contributed by atoms with Crippen LogP contribution in [0.3, 0.4) is 0 Å². The smallest absolute Gasteiger partial charge is 0.0540 e. The van der Waals surface area contributed by atoms with E-state index in [2.05, 4.69) is 38.1 Å². The molecule has 0 saturated carbocycles. The summed E-state index contributed by atoms with van der Waals surface area (Å²) in [5.74, 6) is 0. The summed E-state index contributed by atoms with van der Waals surface area (Å²) in [4.78, 5) is 0. The number of rotatable bonds is 5. The maximum Gasteiger partial charge on any atom is 0.0540 e. The van der Waals surface area contributed by atoms with Crippen molar-refractivity contribution < 1.29 is 0 Å². The zero-order chi connectivity index (χ0) is 11.4. The van der Waals surface area contributed by atoms with E-state index in [-0.39, 0.29) is 0 Å². The van der Waals surface area contributed by atoms with E-state index in [0.717, 1.165) is 0 Å². The summed E-state index contributed by atoms with van der Waals surface area (Å²) >= 11 is 0. The van der Waals surface area contributed by atoms with Gasteiger partial charge in [0.15, 0.2) is 0 Å². The van der Waals surface area contributed by atoms with Crippen LogP contribution < -0.4 is 5.32 Å². The van der Waals surface area contributed by atoms with E-state index in [1.807, 2.05) is 17.9 Å². The van der Waals surface area contributed by atoms with Crippen LogP contribution in [0.5, 0.6) is 0 Å². The molecule has 1 aromatic rings. The molecule has 0 aliphatic rings. The van der Waals surface area contributed by atoms with Gasteiger partial charge in [0, 0.05) is 30.4 Å². The van der Waals surface area contributed by atoms with Crippen LogP contribution in [-0.4, -0.2) is 15.8 Å². The highest BCUT2D eigenvalue weighted by Crippen LogP contribution is 2.17. The number of aromatic nitrogens is 2. The van der Waals surface area contributed by atoms with Gasteiger partial charge in [-0.3, -0.25) is 4.68 Å². The third-order valence-electron chi connectivity index (χ3n) is 3.21. The molecule has 3 nitrogen and oxygen atoms in total. The van der Waals surface area contributed by atoms with Gasteiger partial charge in [-0.05, 0) is 26.7 Å². The molecule has 1 rings (SSSR count). The number of hydrogen-bond donors (Lipinski definition) is 1. The average molecular weight is 209 g/mol. The first-order valence-corrected chi connectivity index (χ1v) is 5.84. The summed E-state index contributed by atoms with van der Waals surface area (Å²) in [6, 6.07) is 1.00. The molecule has 0 spiro atoms. The van der Waals surface area contributed by atoms with Gasteiger partial charge in [0.05, 0.1) is 6.20 Å². The fraction of sp³-hybridized carbons (Fsp3) is 0.750. The highest BCUT2D eigenvalue weighted by atomic mass is 15.3. The second-order valence-corrected chi connectivity index (χ2v) is 4.21. The average Bonchev–Trinajstić information content (AvgIpc) is 2.56.